The van der Waals surface area contributed by atoms with Crippen LogP contribution in [0, 0.1) is 23.2 Å². The minimum absolute atomic E-state index is 0.0954. The van der Waals surface area contributed by atoms with Gasteiger partial charge in [-0.05, 0) is 5.92 Å². The summed E-state index contributed by atoms with van der Waals surface area (Å²) < 4.78 is 24.4. The topological polar surface area (TPSA) is 61.2 Å². The second-order valence-electron chi connectivity index (χ2n) is 3.82. The Balaban J connectivity index is 2.51. The molecule has 1 rings (SSSR count). The minimum atomic E-state index is -3.08. The maximum atomic E-state index is 11.5. The monoisotopic (exact) mass is 202 g/mol. The Morgan fingerprint density at radius 1 is 1.54 bits per heavy atom. The molecule has 1 aliphatic heterocycles. The molecule has 0 unspecified atom stereocenters. The van der Waals surface area contributed by atoms with Crippen molar-refractivity contribution in [1.82, 2.24) is 4.31 Å². The molecule has 0 aliphatic carbocycles. The van der Waals surface area contributed by atoms with Gasteiger partial charge in [0.05, 0.1) is 17.7 Å². The van der Waals surface area contributed by atoms with E-state index in [4.69, 9.17) is 5.26 Å². The summed E-state index contributed by atoms with van der Waals surface area (Å²) >= 11 is 0. The number of nitrogens with zero attached hydrogens (tertiary/aromatic N) is 2. The third-order valence-corrected chi connectivity index (χ3v) is 4.14. The van der Waals surface area contributed by atoms with Gasteiger partial charge < -0.3 is 0 Å². The fourth-order valence-electron chi connectivity index (χ4n) is 1.27. The van der Waals surface area contributed by atoms with E-state index < -0.39 is 10.0 Å². The third kappa shape index (κ3) is 2.42. The van der Waals surface area contributed by atoms with E-state index >= 15 is 0 Å². The van der Waals surface area contributed by atoms with E-state index in [9.17, 15) is 8.42 Å². The lowest BCUT2D eigenvalue weighted by atomic mass is 10.1. The van der Waals surface area contributed by atoms with Crippen LogP contribution in [-0.2, 0) is 10.0 Å². The fourth-order valence-corrected chi connectivity index (χ4v) is 3.14. The highest BCUT2D eigenvalue weighted by molar-refractivity contribution is 7.89. The van der Waals surface area contributed by atoms with Crippen LogP contribution in [0.1, 0.15) is 13.8 Å². The molecule has 1 saturated heterocycles. The zero-order valence-corrected chi connectivity index (χ0v) is 8.71. The molecular formula is C8H14N2O2S. The van der Waals surface area contributed by atoms with E-state index in [1.165, 1.54) is 4.31 Å². The third-order valence-electron chi connectivity index (χ3n) is 1.97. The van der Waals surface area contributed by atoms with Gasteiger partial charge in [0.15, 0.2) is 0 Å². The molecule has 4 nitrogen and oxygen atoms in total. The lowest BCUT2D eigenvalue weighted by Crippen LogP contribution is -2.50. The minimum Gasteiger partial charge on any atom is -0.212 e. The van der Waals surface area contributed by atoms with Crippen molar-refractivity contribution in [3.05, 3.63) is 0 Å². The van der Waals surface area contributed by atoms with E-state index in [0.29, 0.717) is 13.1 Å². The van der Waals surface area contributed by atoms with Crippen molar-refractivity contribution in [2.75, 3.05) is 18.8 Å². The number of nitriles is 1. The van der Waals surface area contributed by atoms with Crippen molar-refractivity contribution in [1.29, 1.82) is 5.26 Å². The molecule has 74 valence electrons. The highest BCUT2D eigenvalue weighted by Gasteiger charge is 2.35. The molecular weight excluding hydrogens is 188 g/mol. The number of rotatable bonds is 3. The van der Waals surface area contributed by atoms with Gasteiger partial charge in [-0.25, -0.2) is 8.42 Å². The zero-order valence-electron chi connectivity index (χ0n) is 7.90. The molecule has 0 N–H and O–H groups in total. The molecule has 5 heteroatoms. The molecule has 1 heterocycles. The standard InChI is InChI=1S/C8H14N2O2S/c1-7(2)6-13(11,12)10-4-8(3-9)5-10/h7-8H,4-6H2,1-2H3. The first kappa shape index (κ1) is 10.5. The molecule has 0 bridgehead atoms. The Morgan fingerprint density at radius 2 is 2.08 bits per heavy atom. The van der Waals surface area contributed by atoms with Crippen LogP contribution in [0.3, 0.4) is 0 Å². The average molecular weight is 202 g/mol. The van der Waals surface area contributed by atoms with Gasteiger partial charge in [0.25, 0.3) is 0 Å². The van der Waals surface area contributed by atoms with Crippen molar-refractivity contribution < 1.29 is 8.42 Å². The first-order chi connectivity index (χ1) is 5.95. The van der Waals surface area contributed by atoms with Crippen molar-refractivity contribution >= 4 is 10.0 Å². The van der Waals surface area contributed by atoms with Gasteiger partial charge in [0.2, 0.25) is 10.0 Å². The number of hydrogen-bond donors (Lipinski definition) is 0. The van der Waals surface area contributed by atoms with E-state index in [-0.39, 0.29) is 17.6 Å². The molecule has 0 atom stereocenters. The summed E-state index contributed by atoms with van der Waals surface area (Å²) in [5.74, 6) is 0.235. The van der Waals surface area contributed by atoms with E-state index in [0.717, 1.165) is 0 Å². The maximum absolute atomic E-state index is 11.5. The predicted octanol–water partition coefficient (Wildman–Crippen LogP) is 0.428. The van der Waals surface area contributed by atoms with Gasteiger partial charge >= 0.3 is 0 Å². The molecule has 0 aromatic rings. The Hall–Kier alpha value is -0.600. The summed E-state index contributed by atoms with van der Waals surface area (Å²) in [6, 6.07) is 2.05. The van der Waals surface area contributed by atoms with E-state index in [1.54, 1.807) is 0 Å². The van der Waals surface area contributed by atoms with Crippen LogP contribution in [-0.4, -0.2) is 31.6 Å². The smallest absolute Gasteiger partial charge is 0.212 e. The van der Waals surface area contributed by atoms with E-state index in [1.807, 2.05) is 13.8 Å². The maximum Gasteiger partial charge on any atom is 0.214 e. The Bertz CT molecular complexity index is 310. The summed E-state index contributed by atoms with van der Waals surface area (Å²) in [5, 5.41) is 8.48. The predicted molar refractivity (Wildman–Crippen MR) is 49.3 cm³/mol. The molecule has 0 spiro atoms. The highest BCUT2D eigenvalue weighted by atomic mass is 32.2. The van der Waals surface area contributed by atoms with Gasteiger partial charge in [-0.1, -0.05) is 13.8 Å². The lowest BCUT2D eigenvalue weighted by molar-refractivity contribution is 0.247. The van der Waals surface area contributed by atoms with Crippen molar-refractivity contribution in [2.45, 2.75) is 13.8 Å². The Kier molecular flexibility index (Phi) is 2.94. The first-order valence-corrected chi connectivity index (χ1v) is 5.94. The van der Waals surface area contributed by atoms with Crippen LogP contribution < -0.4 is 0 Å². The normalized spacial score (nSPS) is 19.8. The quantitative estimate of drug-likeness (QED) is 0.666. The van der Waals surface area contributed by atoms with Gasteiger partial charge in [0, 0.05) is 13.1 Å². The van der Waals surface area contributed by atoms with Crippen LogP contribution in [0.5, 0.6) is 0 Å². The number of sulfonamides is 1. The summed E-state index contributed by atoms with van der Waals surface area (Å²) in [4.78, 5) is 0. The van der Waals surface area contributed by atoms with Crippen molar-refractivity contribution in [2.24, 2.45) is 11.8 Å². The Labute approximate surface area is 79.2 Å². The molecule has 13 heavy (non-hydrogen) atoms. The largest absolute Gasteiger partial charge is 0.214 e. The van der Waals surface area contributed by atoms with Gasteiger partial charge in [-0.15, -0.1) is 0 Å². The Morgan fingerprint density at radius 3 is 2.46 bits per heavy atom. The van der Waals surface area contributed by atoms with Crippen molar-refractivity contribution in [3.63, 3.8) is 0 Å². The van der Waals surface area contributed by atoms with Crippen LogP contribution in [0.15, 0.2) is 0 Å². The van der Waals surface area contributed by atoms with Crippen molar-refractivity contribution in [3.8, 4) is 6.07 Å². The van der Waals surface area contributed by atoms with Crippen LogP contribution in [0.25, 0.3) is 0 Å². The molecule has 0 saturated carbocycles. The molecule has 0 amide bonds. The highest BCUT2D eigenvalue weighted by Crippen LogP contribution is 2.20. The van der Waals surface area contributed by atoms with Gasteiger partial charge in [-0.3, -0.25) is 0 Å². The first-order valence-electron chi connectivity index (χ1n) is 4.33. The second-order valence-corrected chi connectivity index (χ2v) is 5.83. The van der Waals surface area contributed by atoms with E-state index in [2.05, 4.69) is 6.07 Å². The molecule has 0 radical (unpaired) electrons. The molecule has 1 aliphatic rings. The summed E-state index contributed by atoms with van der Waals surface area (Å²) in [6.07, 6.45) is 0. The SMILES string of the molecule is CC(C)CS(=O)(=O)N1CC(C#N)C1. The van der Waals surface area contributed by atoms with Crippen LogP contribution >= 0.6 is 0 Å². The molecule has 0 aromatic heterocycles. The lowest BCUT2D eigenvalue weighted by Gasteiger charge is -2.34. The number of hydrogen-bond acceptors (Lipinski definition) is 3. The average Bonchev–Trinajstić information content (AvgIpc) is 1.79. The summed E-state index contributed by atoms with van der Waals surface area (Å²) in [6.45, 7) is 4.51. The fraction of sp³-hybridized carbons (Fsp3) is 0.875. The zero-order chi connectivity index (χ0) is 10.1. The summed E-state index contributed by atoms with van der Waals surface area (Å²) in [7, 11) is -3.08. The second kappa shape index (κ2) is 3.64. The summed E-state index contributed by atoms with van der Waals surface area (Å²) in [5.41, 5.74) is 0. The van der Waals surface area contributed by atoms with Crippen LogP contribution in [0.4, 0.5) is 0 Å². The molecule has 1 fully saturated rings. The molecule has 0 aromatic carbocycles. The van der Waals surface area contributed by atoms with Gasteiger partial charge in [0.1, 0.15) is 0 Å². The van der Waals surface area contributed by atoms with Gasteiger partial charge in [-0.2, -0.15) is 9.57 Å². The van der Waals surface area contributed by atoms with Crippen LogP contribution in [0.2, 0.25) is 0 Å².